The zero-order valence-electron chi connectivity index (χ0n) is 7.92. The highest BCUT2D eigenvalue weighted by Crippen LogP contribution is 2.14. The average Bonchev–Trinajstić information content (AvgIpc) is 2.21. The molecular formula is C9H18N2O2. The maximum absolute atomic E-state index is 5.21. The maximum Gasteiger partial charge on any atom is 0.0682 e. The summed E-state index contributed by atoms with van der Waals surface area (Å²) in [7, 11) is 0. The van der Waals surface area contributed by atoms with E-state index in [0.29, 0.717) is 12.1 Å². The molecule has 2 heterocycles. The fourth-order valence-corrected chi connectivity index (χ4v) is 1.95. The lowest BCUT2D eigenvalue weighted by Crippen LogP contribution is -2.43. The SMILES string of the molecule is C1CONC(CC2CCCON2)C1. The van der Waals surface area contributed by atoms with Crippen LogP contribution >= 0.6 is 0 Å². The summed E-state index contributed by atoms with van der Waals surface area (Å²) >= 11 is 0. The monoisotopic (exact) mass is 186 g/mol. The molecule has 2 aliphatic rings. The molecule has 2 saturated heterocycles. The van der Waals surface area contributed by atoms with Crippen LogP contribution in [0.5, 0.6) is 0 Å². The minimum Gasteiger partial charge on any atom is -0.302 e. The van der Waals surface area contributed by atoms with Crippen LogP contribution in [0.3, 0.4) is 0 Å². The first kappa shape index (κ1) is 9.40. The fraction of sp³-hybridized carbons (Fsp3) is 1.00. The molecule has 0 radical (unpaired) electrons. The van der Waals surface area contributed by atoms with Gasteiger partial charge in [0.05, 0.1) is 13.2 Å². The van der Waals surface area contributed by atoms with Crippen LogP contribution in [0.4, 0.5) is 0 Å². The van der Waals surface area contributed by atoms with Gasteiger partial charge in [0, 0.05) is 12.1 Å². The lowest BCUT2D eigenvalue weighted by atomic mass is 9.99. The molecule has 2 aliphatic heterocycles. The van der Waals surface area contributed by atoms with Gasteiger partial charge in [0.2, 0.25) is 0 Å². The summed E-state index contributed by atoms with van der Waals surface area (Å²) < 4.78 is 0. The van der Waals surface area contributed by atoms with Crippen molar-refractivity contribution in [2.45, 2.75) is 44.2 Å². The van der Waals surface area contributed by atoms with Gasteiger partial charge < -0.3 is 9.68 Å². The highest BCUT2D eigenvalue weighted by Gasteiger charge is 2.20. The Bertz CT molecular complexity index is 127. The second-order valence-electron chi connectivity index (χ2n) is 3.85. The summed E-state index contributed by atoms with van der Waals surface area (Å²) in [6.45, 7) is 1.70. The summed E-state index contributed by atoms with van der Waals surface area (Å²) in [5, 5.41) is 0. The van der Waals surface area contributed by atoms with E-state index in [1.165, 1.54) is 25.7 Å². The predicted molar refractivity (Wildman–Crippen MR) is 48.8 cm³/mol. The Morgan fingerprint density at radius 3 is 1.85 bits per heavy atom. The van der Waals surface area contributed by atoms with E-state index in [0.717, 1.165) is 19.6 Å². The molecule has 2 atom stereocenters. The van der Waals surface area contributed by atoms with E-state index in [2.05, 4.69) is 11.0 Å². The zero-order valence-corrected chi connectivity index (χ0v) is 7.92. The third kappa shape index (κ3) is 2.91. The van der Waals surface area contributed by atoms with E-state index in [-0.39, 0.29) is 0 Å². The second-order valence-corrected chi connectivity index (χ2v) is 3.85. The number of hydrogen-bond donors (Lipinski definition) is 2. The smallest absolute Gasteiger partial charge is 0.0682 e. The Hall–Kier alpha value is -0.160. The second kappa shape index (κ2) is 4.91. The summed E-state index contributed by atoms with van der Waals surface area (Å²) in [6, 6.07) is 1.01. The summed E-state index contributed by atoms with van der Waals surface area (Å²) in [5.41, 5.74) is 6.14. The standard InChI is InChI=1S/C9H18N2O2/c1-3-8(10-12-5-1)7-9-4-2-6-13-11-9/h8-11H,1-7H2. The molecule has 0 amide bonds. The van der Waals surface area contributed by atoms with E-state index >= 15 is 0 Å². The molecule has 0 bridgehead atoms. The number of hydroxylamine groups is 2. The van der Waals surface area contributed by atoms with Crippen molar-refractivity contribution in [3.8, 4) is 0 Å². The van der Waals surface area contributed by atoms with Crippen molar-refractivity contribution in [3.05, 3.63) is 0 Å². The predicted octanol–water partition coefficient (Wildman–Crippen LogP) is 0.744. The van der Waals surface area contributed by atoms with Crippen LogP contribution in [0.25, 0.3) is 0 Å². The third-order valence-corrected chi connectivity index (χ3v) is 2.67. The van der Waals surface area contributed by atoms with Gasteiger partial charge in [-0.05, 0) is 32.1 Å². The van der Waals surface area contributed by atoms with Crippen LogP contribution in [-0.2, 0) is 9.68 Å². The summed E-state index contributed by atoms with van der Waals surface area (Å²) in [5.74, 6) is 0. The molecule has 4 nitrogen and oxygen atoms in total. The lowest BCUT2D eigenvalue weighted by Gasteiger charge is -2.29. The minimum absolute atomic E-state index is 0.507. The molecule has 76 valence electrons. The number of hydrogen-bond acceptors (Lipinski definition) is 4. The number of rotatable bonds is 2. The van der Waals surface area contributed by atoms with E-state index in [4.69, 9.17) is 9.68 Å². The first-order chi connectivity index (χ1) is 6.45. The van der Waals surface area contributed by atoms with Crippen LogP contribution < -0.4 is 11.0 Å². The molecule has 0 aromatic heterocycles. The van der Waals surface area contributed by atoms with Gasteiger partial charge >= 0.3 is 0 Å². The van der Waals surface area contributed by atoms with E-state index in [1.54, 1.807) is 0 Å². The van der Waals surface area contributed by atoms with Gasteiger partial charge in [-0.1, -0.05) is 0 Å². The molecule has 0 aromatic carbocycles. The van der Waals surface area contributed by atoms with E-state index in [1.807, 2.05) is 0 Å². The average molecular weight is 186 g/mol. The van der Waals surface area contributed by atoms with Crippen molar-refractivity contribution in [2.24, 2.45) is 0 Å². The van der Waals surface area contributed by atoms with Crippen molar-refractivity contribution >= 4 is 0 Å². The molecule has 2 fully saturated rings. The van der Waals surface area contributed by atoms with Crippen molar-refractivity contribution in [1.29, 1.82) is 0 Å². The molecular weight excluding hydrogens is 168 g/mol. The molecule has 0 aromatic rings. The Kier molecular flexibility index (Phi) is 3.55. The van der Waals surface area contributed by atoms with Crippen molar-refractivity contribution in [3.63, 3.8) is 0 Å². The highest BCUT2D eigenvalue weighted by atomic mass is 16.7. The van der Waals surface area contributed by atoms with E-state index < -0.39 is 0 Å². The first-order valence-electron chi connectivity index (χ1n) is 5.20. The molecule has 13 heavy (non-hydrogen) atoms. The minimum atomic E-state index is 0.507. The van der Waals surface area contributed by atoms with Gasteiger partial charge in [-0.25, -0.2) is 0 Å². The third-order valence-electron chi connectivity index (χ3n) is 2.67. The van der Waals surface area contributed by atoms with Crippen LogP contribution in [0, 0.1) is 0 Å². The largest absolute Gasteiger partial charge is 0.302 e. The maximum atomic E-state index is 5.21. The Morgan fingerprint density at radius 1 is 0.923 bits per heavy atom. The molecule has 0 aliphatic carbocycles. The summed E-state index contributed by atoms with van der Waals surface area (Å²) in [4.78, 5) is 10.4. The van der Waals surface area contributed by atoms with Crippen LogP contribution in [0.1, 0.15) is 32.1 Å². The van der Waals surface area contributed by atoms with Crippen LogP contribution in [0.2, 0.25) is 0 Å². The van der Waals surface area contributed by atoms with Crippen molar-refractivity contribution in [2.75, 3.05) is 13.2 Å². The van der Waals surface area contributed by atoms with Gasteiger partial charge in [0.15, 0.2) is 0 Å². The van der Waals surface area contributed by atoms with Gasteiger partial charge in [-0.15, -0.1) is 0 Å². The Labute approximate surface area is 78.9 Å². The number of nitrogens with one attached hydrogen (secondary N) is 2. The zero-order chi connectivity index (χ0) is 8.93. The Balaban J connectivity index is 1.69. The molecule has 0 spiro atoms. The summed E-state index contributed by atoms with van der Waals surface area (Å²) in [6.07, 6.45) is 5.90. The van der Waals surface area contributed by atoms with Crippen molar-refractivity contribution in [1.82, 2.24) is 11.0 Å². The normalized spacial score (nSPS) is 36.0. The topological polar surface area (TPSA) is 42.5 Å². The van der Waals surface area contributed by atoms with Gasteiger partial charge in [0.1, 0.15) is 0 Å². The molecule has 4 heteroatoms. The van der Waals surface area contributed by atoms with E-state index in [9.17, 15) is 0 Å². The molecule has 2 rings (SSSR count). The van der Waals surface area contributed by atoms with Crippen LogP contribution in [-0.4, -0.2) is 25.3 Å². The van der Waals surface area contributed by atoms with Gasteiger partial charge in [-0.3, -0.25) is 0 Å². The van der Waals surface area contributed by atoms with Gasteiger partial charge in [-0.2, -0.15) is 11.0 Å². The molecule has 2 unspecified atom stereocenters. The quantitative estimate of drug-likeness (QED) is 0.667. The Morgan fingerprint density at radius 2 is 1.46 bits per heavy atom. The molecule has 0 saturated carbocycles. The van der Waals surface area contributed by atoms with Gasteiger partial charge in [0.25, 0.3) is 0 Å². The fourth-order valence-electron chi connectivity index (χ4n) is 1.95. The van der Waals surface area contributed by atoms with Crippen molar-refractivity contribution < 1.29 is 9.68 Å². The molecule has 2 N–H and O–H groups in total. The highest BCUT2D eigenvalue weighted by molar-refractivity contribution is 4.75. The first-order valence-corrected chi connectivity index (χ1v) is 5.20. The lowest BCUT2D eigenvalue weighted by molar-refractivity contribution is -0.0499. The van der Waals surface area contributed by atoms with Crippen LogP contribution in [0.15, 0.2) is 0 Å².